The van der Waals surface area contributed by atoms with Crippen LogP contribution < -0.4 is 0 Å². The molecule has 0 saturated heterocycles. The lowest BCUT2D eigenvalue weighted by Crippen LogP contribution is -2.30. The van der Waals surface area contributed by atoms with Crippen LogP contribution in [0.2, 0.25) is 0 Å². The Kier molecular flexibility index (Phi) is 63.7. The maximum atomic E-state index is 12.9. The molecule has 1 unspecified atom stereocenters. The van der Waals surface area contributed by atoms with Crippen LogP contribution in [0.3, 0.4) is 0 Å². The zero-order valence-corrected chi connectivity index (χ0v) is 52.1. The van der Waals surface area contributed by atoms with Crippen LogP contribution in [0.5, 0.6) is 0 Å². The van der Waals surface area contributed by atoms with E-state index in [1.54, 1.807) is 0 Å². The van der Waals surface area contributed by atoms with Gasteiger partial charge < -0.3 is 14.2 Å². The van der Waals surface area contributed by atoms with Crippen molar-refractivity contribution in [1.29, 1.82) is 0 Å². The maximum absolute atomic E-state index is 12.9. The molecule has 0 rings (SSSR count). The summed E-state index contributed by atoms with van der Waals surface area (Å²) in [6.07, 6.45) is 90.0. The van der Waals surface area contributed by atoms with Crippen LogP contribution in [0.15, 0.2) is 97.2 Å². The Labute approximate surface area is 489 Å². The minimum absolute atomic E-state index is 0.0785. The number of carbonyl (C=O) groups excluding carboxylic acids is 3. The molecule has 454 valence electrons. The summed E-state index contributed by atoms with van der Waals surface area (Å²) in [5, 5.41) is 0. The highest BCUT2D eigenvalue weighted by Gasteiger charge is 2.19. The number of carbonyl (C=O) groups is 3. The van der Waals surface area contributed by atoms with Gasteiger partial charge in [-0.1, -0.05) is 311 Å². The van der Waals surface area contributed by atoms with Crippen LogP contribution in [0.1, 0.15) is 329 Å². The van der Waals surface area contributed by atoms with Crippen molar-refractivity contribution in [1.82, 2.24) is 0 Å². The van der Waals surface area contributed by atoms with Crippen LogP contribution in [0.4, 0.5) is 0 Å². The first-order valence-electron chi connectivity index (χ1n) is 33.7. The van der Waals surface area contributed by atoms with Gasteiger partial charge in [-0.15, -0.1) is 0 Å². The van der Waals surface area contributed by atoms with Crippen molar-refractivity contribution in [2.75, 3.05) is 13.2 Å². The lowest BCUT2D eigenvalue weighted by Gasteiger charge is -2.18. The highest BCUT2D eigenvalue weighted by atomic mass is 16.6. The number of allylic oxidation sites excluding steroid dienone is 16. The molecule has 0 aromatic rings. The number of hydrogen-bond donors (Lipinski definition) is 0. The molecule has 0 aliphatic carbocycles. The standard InChI is InChI=1S/C73H126O6/c1-4-7-10-13-16-19-22-25-28-29-30-31-32-33-34-35-36-37-38-39-40-41-42-43-44-45-46-49-51-54-57-60-63-66-72(75)78-69-70(79-73(76)67-64-61-58-55-52-48-27-24-21-18-15-12-9-6-3)68-77-71(74)65-62-59-56-53-50-47-26-23-20-17-14-11-8-5-2/h7,10,15-16,18-19,24-25,27-28,30-31,33-34,36-37,70H,4-6,8-9,11-14,17,20-23,26,29,32,35,38-69H2,1-3H3/b10-7-,18-15-,19-16-,27-24-,28-25-,31-30-,34-33-,37-36-. The molecule has 6 nitrogen and oxygen atoms in total. The van der Waals surface area contributed by atoms with Crippen LogP contribution in [-0.4, -0.2) is 37.2 Å². The van der Waals surface area contributed by atoms with Crippen molar-refractivity contribution >= 4 is 17.9 Å². The van der Waals surface area contributed by atoms with Crippen molar-refractivity contribution in [3.63, 3.8) is 0 Å². The van der Waals surface area contributed by atoms with Crippen LogP contribution in [0.25, 0.3) is 0 Å². The lowest BCUT2D eigenvalue weighted by molar-refractivity contribution is -0.167. The lowest BCUT2D eigenvalue weighted by atomic mass is 10.0. The zero-order chi connectivity index (χ0) is 57.1. The van der Waals surface area contributed by atoms with Crippen molar-refractivity contribution < 1.29 is 28.6 Å². The fourth-order valence-corrected chi connectivity index (χ4v) is 9.52. The summed E-state index contributed by atoms with van der Waals surface area (Å²) in [7, 11) is 0. The Hall–Kier alpha value is -3.67. The Morgan fingerprint density at radius 1 is 0.266 bits per heavy atom. The summed E-state index contributed by atoms with van der Waals surface area (Å²) in [4.78, 5) is 38.3. The fourth-order valence-electron chi connectivity index (χ4n) is 9.52. The number of rotatable bonds is 61. The van der Waals surface area contributed by atoms with E-state index < -0.39 is 6.10 Å². The molecule has 79 heavy (non-hydrogen) atoms. The molecule has 1 atom stereocenters. The van der Waals surface area contributed by atoms with Gasteiger partial charge in [-0.2, -0.15) is 0 Å². The topological polar surface area (TPSA) is 78.9 Å². The minimum Gasteiger partial charge on any atom is -0.462 e. The average Bonchev–Trinajstić information content (AvgIpc) is 3.45. The SMILES string of the molecule is CC/C=C\C/C=C\C/C=C\C/C=C\C/C=C\C/C=C\CCCCCCCCCCCCCCCCC(=O)OCC(COC(=O)CCCCCCCCCCCCCCCC)OC(=O)CCCCCCC/C=C\C/C=C\CCCC. The number of esters is 3. The highest BCUT2D eigenvalue weighted by Crippen LogP contribution is 2.17. The smallest absolute Gasteiger partial charge is 0.306 e. The molecule has 0 bridgehead atoms. The average molecular weight is 1100 g/mol. The van der Waals surface area contributed by atoms with E-state index in [9.17, 15) is 14.4 Å². The molecule has 0 radical (unpaired) electrons. The van der Waals surface area contributed by atoms with Gasteiger partial charge in [0, 0.05) is 19.3 Å². The largest absolute Gasteiger partial charge is 0.462 e. The quantitative estimate of drug-likeness (QED) is 0.0261. The van der Waals surface area contributed by atoms with Crippen molar-refractivity contribution in [2.24, 2.45) is 0 Å². The Balaban J connectivity index is 4.18. The molecule has 0 aliphatic heterocycles. The Morgan fingerprint density at radius 2 is 0.506 bits per heavy atom. The van der Waals surface area contributed by atoms with Crippen molar-refractivity contribution in [3.8, 4) is 0 Å². The Bertz CT molecular complexity index is 1540. The normalized spacial score (nSPS) is 12.7. The molecule has 0 N–H and O–H groups in total. The number of ether oxygens (including phenoxy) is 3. The van der Waals surface area contributed by atoms with Crippen LogP contribution in [-0.2, 0) is 28.6 Å². The molecule has 0 fully saturated rings. The van der Waals surface area contributed by atoms with Gasteiger partial charge in [0.1, 0.15) is 13.2 Å². The monoisotopic (exact) mass is 1100 g/mol. The predicted molar refractivity (Wildman–Crippen MR) is 344 cm³/mol. The molecular weight excluding hydrogens is 973 g/mol. The molecule has 0 aromatic heterocycles. The predicted octanol–water partition coefficient (Wildman–Crippen LogP) is 23.2. The third kappa shape index (κ3) is 65.0. The molecule has 6 heteroatoms. The van der Waals surface area contributed by atoms with Crippen molar-refractivity contribution in [3.05, 3.63) is 97.2 Å². The summed E-state index contributed by atoms with van der Waals surface area (Å²) in [5.74, 6) is -0.879. The van der Waals surface area contributed by atoms with E-state index in [0.29, 0.717) is 19.3 Å². The van der Waals surface area contributed by atoms with E-state index in [1.165, 1.54) is 167 Å². The van der Waals surface area contributed by atoms with Gasteiger partial charge in [0.15, 0.2) is 6.10 Å². The second-order valence-electron chi connectivity index (χ2n) is 22.4. The van der Waals surface area contributed by atoms with Gasteiger partial charge in [0.2, 0.25) is 0 Å². The highest BCUT2D eigenvalue weighted by molar-refractivity contribution is 5.71. The summed E-state index contributed by atoms with van der Waals surface area (Å²) >= 11 is 0. The first-order chi connectivity index (χ1) is 39.0. The van der Waals surface area contributed by atoms with E-state index in [1.807, 2.05) is 0 Å². The first kappa shape index (κ1) is 75.3. The maximum Gasteiger partial charge on any atom is 0.306 e. The summed E-state index contributed by atoms with van der Waals surface area (Å²) < 4.78 is 16.9. The van der Waals surface area contributed by atoms with Gasteiger partial charge in [-0.3, -0.25) is 14.4 Å². The third-order valence-electron chi connectivity index (χ3n) is 14.6. The molecule has 0 spiro atoms. The zero-order valence-electron chi connectivity index (χ0n) is 52.1. The van der Waals surface area contributed by atoms with Gasteiger partial charge in [0.25, 0.3) is 0 Å². The first-order valence-corrected chi connectivity index (χ1v) is 33.7. The van der Waals surface area contributed by atoms with Gasteiger partial charge >= 0.3 is 17.9 Å². The summed E-state index contributed by atoms with van der Waals surface area (Å²) in [6.45, 7) is 6.51. The van der Waals surface area contributed by atoms with Crippen LogP contribution in [0, 0.1) is 0 Å². The second kappa shape index (κ2) is 66.8. The van der Waals surface area contributed by atoms with E-state index in [0.717, 1.165) is 122 Å². The molecule has 0 amide bonds. The fraction of sp³-hybridized carbons (Fsp3) is 0.740. The molecule has 0 saturated carbocycles. The third-order valence-corrected chi connectivity index (χ3v) is 14.6. The summed E-state index contributed by atoms with van der Waals surface area (Å²) in [5.41, 5.74) is 0. The molecule has 0 heterocycles. The van der Waals surface area contributed by atoms with Gasteiger partial charge in [0.05, 0.1) is 0 Å². The number of unbranched alkanes of at least 4 members (excludes halogenated alkanes) is 34. The van der Waals surface area contributed by atoms with E-state index in [-0.39, 0.29) is 31.1 Å². The van der Waals surface area contributed by atoms with Crippen LogP contribution >= 0.6 is 0 Å². The van der Waals surface area contributed by atoms with Crippen molar-refractivity contribution in [2.45, 2.75) is 335 Å². The molecular formula is C73H126O6. The summed E-state index contributed by atoms with van der Waals surface area (Å²) in [6, 6.07) is 0. The van der Waals surface area contributed by atoms with Gasteiger partial charge in [-0.25, -0.2) is 0 Å². The second-order valence-corrected chi connectivity index (χ2v) is 22.4. The van der Waals surface area contributed by atoms with Gasteiger partial charge in [-0.05, 0) is 96.3 Å². The van der Waals surface area contributed by atoms with E-state index in [2.05, 4.69) is 118 Å². The van der Waals surface area contributed by atoms with E-state index >= 15 is 0 Å². The Morgan fingerprint density at radius 3 is 0.810 bits per heavy atom. The van der Waals surface area contributed by atoms with E-state index in [4.69, 9.17) is 14.2 Å². The number of hydrogen-bond acceptors (Lipinski definition) is 6. The molecule has 0 aliphatic rings. The minimum atomic E-state index is -0.783. The molecule has 0 aromatic carbocycles.